The Kier molecular flexibility index (Phi) is 4.38. The Morgan fingerprint density at radius 3 is 2.37 bits per heavy atom. The van der Waals surface area contributed by atoms with Crippen molar-refractivity contribution in [1.82, 2.24) is 4.31 Å². The maximum Gasteiger partial charge on any atom is 0.324 e. The topological polar surface area (TPSA) is 74.7 Å². The van der Waals surface area contributed by atoms with Crippen molar-refractivity contribution >= 4 is 31.9 Å². The molecule has 106 valence electrons. The molecule has 0 aliphatic heterocycles. The van der Waals surface area contributed by atoms with Crippen LogP contribution in [-0.4, -0.2) is 36.4 Å². The molecule has 0 saturated carbocycles. The first-order chi connectivity index (χ1) is 8.51. The minimum atomic E-state index is -4.05. The van der Waals surface area contributed by atoms with Gasteiger partial charge >= 0.3 is 5.97 Å². The van der Waals surface area contributed by atoms with Crippen LogP contribution in [0.3, 0.4) is 0 Å². The highest BCUT2D eigenvalue weighted by Crippen LogP contribution is 2.29. The molecule has 0 aliphatic rings. The first kappa shape index (κ1) is 16.1. The van der Waals surface area contributed by atoms with E-state index < -0.39 is 27.3 Å². The SMILES string of the molecule is CN(C(C)(C)C(=O)O)S(=O)(=O)c1ccc(F)cc1Br. The van der Waals surface area contributed by atoms with Crippen LogP contribution in [0.5, 0.6) is 0 Å². The Hall–Kier alpha value is -0.990. The van der Waals surface area contributed by atoms with Gasteiger partial charge in [0.2, 0.25) is 10.0 Å². The maximum absolute atomic E-state index is 13.0. The van der Waals surface area contributed by atoms with Gasteiger partial charge in [-0.1, -0.05) is 0 Å². The number of nitrogens with zero attached hydrogens (tertiary/aromatic N) is 1. The Morgan fingerprint density at radius 1 is 1.42 bits per heavy atom. The number of hydrogen-bond donors (Lipinski definition) is 1. The van der Waals surface area contributed by atoms with Crippen molar-refractivity contribution < 1.29 is 22.7 Å². The maximum atomic E-state index is 13.0. The Labute approximate surface area is 119 Å². The molecule has 8 heteroatoms. The molecule has 1 aromatic rings. The van der Waals surface area contributed by atoms with Crippen LogP contribution in [0.25, 0.3) is 0 Å². The van der Waals surface area contributed by atoms with Crippen molar-refractivity contribution in [1.29, 1.82) is 0 Å². The van der Waals surface area contributed by atoms with Crippen LogP contribution in [0.15, 0.2) is 27.6 Å². The molecule has 0 bridgehead atoms. The van der Waals surface area contributed by atoms with Crippen LogP contribution in [0.1, 0.15) is 13.8 Å². The molecule has 0 aliphatic carbocycles. The van der Waals surface area contributed by atoms with Gasteiger partial charge in [0.1, 0.15) is 11.4 Å². The second kappa shape index (κ2) is 5.18. The largest absolute Gasteiger partial charge is 0.480 e. The van der Waals surface area contributed by atoms with Gasteiger partial charge in [0, 0.05) is 11.5 Å². The molecular formula is C11H13BrFNO4S. The van der Waals surface area contributed by atoms with Crippen LogP contribution in [0.2, 0.25) is 0 Å². The fourth-order valence-electron chi connectivity index (χ4n) is 1.27. The monoisotopic (exact) mass is 353 g/mol. The highest BCUT2D eigenvalue weighted by molar-refractivity contribution is 9.10. The van der Waals surface area contributed by atoms with Crippen molar-refractivity contribution in [3.63, 3.8) is 0 Å². The predicted molar refractivity (Wildman–Crippen MR) is 70.8 cm³/mol. The number of carboxylic acid groups (broad SMARTS) is 1. The van der Waals surface area contributed by atoms with E-state index in [1.165, 1.54) is 20.9 Å². The first-order valence-corrected chi connectivity index (χ1v) is 7.42. The lowest BCUT2D eigenvalue weighted by Crippen LogP contribution is -2.50. The second-order valence-corrected chi connectivity index (χ2v) is 7.20. The predicted octanol–water partition coefficient (Wildman–Crippen LogP) is 2.07. The Bertz CT molecular complexity index is 615. The third kappa shape index (κ3) is 2.96. The molecule has 0 radical (unpaired) electrons. The molecule has 5 nitrogen and oxygen atoms in total. The smallest absolute Gasteiger partial charge is 0.324 e. The van der Waals surface area contributed by atoms with Crippen LogP contribution in [0, 0.1) is 5.82 Å². The van der Waals surface area contributed by atoms with Crippen molar-refractivity contribution in [3.05, 3.63) is 28.5 Å². The summed E-state index contributed by atoms with van der Waals surface area (Å²) in [5.74, 6) is -1.87. The molecule has 0 saturated heterocycles. The third-order valence-corrected chi connectivity index (χ3v) is 5.85. The summed E-state index contributed by atoms with van der Waals surface area (Å²) in [5, 5.41) is 9.06. The molecule has 0 unspecified atom stereocenters. The van der Waals surface area contributed by atoms with Crippen molar-refractivity contribution in [2.75, 3.05) is 7.05 Å². The van der Waals surface area contributed by atoms with Gasteiger partial charge < -0.3 is 5.11 Å². The van der Waals surface area contributed by atoms with Crippen LogP contribution in [-0.2, 0) is 14.8 Å². The zero-order valence-electron chi connectivity index (χ0n) is 10.5. The van der Waals surface area contributed by atoms with E-state index in [1.807, 2.05) is 0 Å². The molecule has 0 heterocycles. The van der Waals surface area contributed by atoms with Gasteiger partial charge in [0.15, 0.2) is 0 Å². The van der Waals surface area contributed by atoms with Crippen molar-refractivity contribution in [2.24, 2.45) is 0 Å². The summed E-state index contributed by atoms with van der Waals surface area (Å²) in [4.78, 5) is 10.9. The number of carboxylic acids is 1. The molecule has 1 aromatic carbocycles. The molecule has 19 heavy (non-hydrogen) atoms. The van der Waals surface area contributed by atoms with Gasteiger partial charge in [-0.25, -0.2) is 12.8 Å². The van der Waals surface area contributed by atoms with Gasteiger partial charge in [-0.2, -0.15) is 4.31 Å². The summed E-state index contributed by atoms with van der Waals surface area (Å²) < 4.78 is 38.4. The minimum Gasteiger partial charge on any atom is -0.480 e. The molecule has 1 N–H and O–H groups in total. The van der Waals surface area contributed by atoms with Gasteiger partial charge in [0.05, 0.1) is 4.90 Å². The van der Waals surface area contributed by atoms with E-state index >= 15 is 0 Å². The molecule has 0 spiro atoms. The summed E-state index contributed by atoms with van der Waals surface area (Å²) in [5.41, 5.74) is -1.62. The standard InChI is InChI=1S/C11H13BrFNO4S/c1-11(2,10(15)16)14(3)19(17,18)9-5-4-7(13)6-8(9)12/h4-6H,1-3H3,(H,15,16). The van der Waals surface area contributed by atoms with Crippen LogP contribution < -0.4 is 0 Å². The van der Waals surface area contributed by atoms with Gasteiger partial charge in [-0.15, -0.1) is 0 Å². The molecular weight excluding hydrogens is 341 g/mol. The number of hydrogen-bond acceptors (Lipinski definition) is 3. The normalized spacial score (nSPS) is 12.7. The summed E-state index contributed by atoms with van der Waals surface area (Å²) in [6.45, 7) is 2.54. The number of rotatable bonds is 4. The van der Waals surface area contributed by atoms with Crippen molar-refractivity contribution in [2.45, 2.75) is 24.3 Å². The Balaban J connectivity index is 3.36. The fourth-order valence-corrected chi connectivity index (χ4v) is 3.75. The van der Waals surface area contributed by atoms with E-state index in [4.69, 9.17) is 5.11 Å². The third-order valence-electron chi connectivity index (χ3n) is 2.84. The number of halogens is 2. The van der Waals surface area contributed by atoms with Gasteiger partial charge in [-0.3, -0.25) is 4.79 Å². The molecule has 0 atom stereocenters. The number of benzene rings is 1. The van der Waals surface area contributed by atoms with E-state index in [2.05, 4.69) is 15.9 Å². The van der Waals surface area contributed by atoms with Gasteiger partial charge in [0.25, 0.3) is 0 Å². The van der Waals surface area contributed by atoms with E-state index in [9.17, 15) is 17.6 Å². The lowest BCUT2D eigenvalue weighted by Gasteiger charge is -2.30. The van der Waals surface area contributed by atoms with E-state index in [0.717, 1.165) is 22.5 Å². The Morgan fingerprint density at radius 2 is 1.95 bits per heavy atom. The van der Waals surface area contributed by atoms with Crippen molar-refractivity contribution in [3.8, 4) is 0 Å². The summed E-state index contributed by atoms with van der Waals surface area (Å²) >= 11 is 2.96. The molecule has 1 rings (SSSR count). The van der Waals surface area contributed by atoms with E-state index in [1.54, 1.807) is 0 Å². The lowest BCUT2D eigenvalue weighted by atomic mass is 10.1. The highest BCUT2D eigenvalue weighted by atomic mass is 79.9. The highest BCUT2D eigenvalue weighted by Gasteiger charge is 2.40. The lowest BCUT2D eigenvalue weighted by molar-refractivity contribution is -0.145. The van der Waals surface area contributed by atoms with Gasteiger partial charge in [-0.05, 0) is 48.0 Å². The molecule has 0 amide bonds. The number of likely N-dealkylation sites (N-methyl/N-ethyl adjacent to an activating group) is 1. The average molecular weight is 354 g/mol. The molecule has 0 aromatic heterocycles. The van der Waals surface area contributed by atoms with Crippen LogP contribution in [0.4, 0.5) is 4.39 Å². The van der Waals surface area contributed by atoms with Crippen LogP contribution >= 0.6 is 15.9 Å². The number of sulfonamides is 1. The first-order valence-electron chi connectivity index (χ1n) is 5.18. The summed E-state index contributed by atoms with van der Waals surface area (Å²) in [6.07, 6.45) is 0. The van der Waals surface area contributed by atoms with E-state index in [0.29, 0.717) is 0 Å². The summed E-state index contributed by atoms with van der Waals surface area (Å²) in [7, 11) is -2.88. The second-order valence-electron chi connectivity index (χ2n) is 4.41. The molecule has 0 fully saturated rings. The summed E-state index contributed by atoms with van der Waals surface area (Å²) in [6, 6.07) is 3.09. The zero-order chi connectivity index (χ0) is 15.0. The average Bonchev–Trinajstić information content (AvgIpc) is 2.27. The quantitative estimate of drug-likeness (QED) is 0.898. The number of carbonyl (C=O) groups is 1. The number of aliphatic carboxylic acids is 1. The zero-order valence-corrected chi connectivity index (χ0v) is 12.9. The fraction of sp³-hybridized carbons (Fsp3) is 0.364. The van der Waals surface area contributed by atoms with E-state index in [-0.39, 0.29) is 9.37 Å². The minimum absolute atomic E-state index is 0.0422.